The summed E-state index contributed by atoms with van der Waals surface area (Å²) >= 11 is 0. The van der Waals surface area contributed by atoms with Gasteiger partial charge in [-0.2, -0.15) is 0 Å². The summed E-state index contributed by atoms with van der Waals surface area (Å²) in [6.45, 7) is 2.73. The lowest BCUT2D eigenvalue weighted by Crippen LogP contribution is -2.29. The SMILES string of the molecule is Cc1coc(CC(=O)O)c1C(=O)N(C)CCCOc1ccccc1. The van der Waals surface area contributed by atoms with Crippen molar-refractivity contribution < 1.29 is 23.8 Å². The van der Waals surface area contributed by atoms with E-state index in [0.717, 1.165) is 5.75 Å². The number of amides is 1. The van der Waals surface area contributed by atoms with E-state index < -0.39 is 5.97 Å². The molecule has 0 bridgehead atoms. The van der Waals surface area contributed by atoms with Gasteiger partial charge in [0, 0.05) is 19.2 Å². The lowest BCUT2D eigenvalue weighted by molar-refractivity contribution is -0.136. The Kier molecular flexibility index (Phi) is 6.01. The Morgan fingerprint density at radius 2 is 1.96 bits per heavy atom. The molecule has 0 aliphatic carbocycles. The van der Waals surface area contributed by atoms with Gasteiger partial charge in [-0.15, -0.1) is 0 Å². The van der Waals surface area contributed by atoms with Crippen molar-refractivity contribution in [3.63, 3.8) is 0 Å². The number of carboxylic acid groups (broad SMARTS) is 1. The Balaban J connectivity index is 1.88. The number of rotatable bonds is 8. The third-order valence-electron chi connectivity index (χ3n) is 3.57. The van der Waals surface area contributed by atoms with E-state index in [4.69, 9.17) is 14.3 Å². The maximum Gasteiger partial charge on any atom is 0.311 e. The molecule has 1 aromatic carbocycles. The number of aryl methyl sites for hydroxylation is 1. The van der Waals surface area contributed by atoms with Gasteiger partial charge in [-0.1, -0.05) is 18.2 Å². The molecule has 128 valence electrons. The first-order valence-electron chi connectivity index (χ1n) is 7.71. The molecule has 0 atom stereocenters. The fourth-order valence-corrected chi connectivity index (χ4v) is 2.35. The summed E-state index contributed by atoms with van der Waals surface area (Å²) in [5, 5.41) is 8.90. The Hall–Kier alpha value is -2.76. The smallest absolute Gasteiger partial charge is 0.311 e. The zero-order valence-corrected chi connectivity index (χ0v) is 13.8. The molecule has 0 aliphatic heterocycles. The van der Waals surface area contributed by atoms with Crippen LogP contribution in [0.5, 0.6) is 5.75 Å². The van der Waals surface area contributed by atoms with Crippen LogP contribution in [-0.2, 0) is 11.2 Å². The van der Waals surface area contributed by atoms with Crippen LogP contribution in [0.4, 0.5) is 0 Å². The van der Waals surface area contributed by atoms with Gasteiger partial charge >= 0.3 is 5.97 Å². The highest BCUT2D eigenvalue weighted by atomic mass is 16.5. The van der Waals surface area contributed by atoms with Crippen LogP contribution < -0.4 is 4.74 Å². The standard InChI is InChI=1S/C18H21NO5/c1-13-12-24-15(11-16(20)21)17(13)18(22)19(2)9-6-10-23-14-7-4-3-5-8-14/h3-5,7-8,12H,6,9-11H2,1-2H3,(H,20,21). The normalized spacial score (nSPS) is 10.4. The number of para-hydroxylation sites is 1. The van der Waals surface area contributed by atoms with Gasteiger partial charge in [0.1, 0.15) is 17.9 Å². The van der Waals surface area contributed by atoms with Crippen LogP contribution in [0.2, 0.25) is 0 Å². The second kappa shape index (κ2) is 8.19. The molecule has 6 nitrogen and oxygen atoms in total. The number of furan rings is 1. The molecule has 0 saturated heterocycles. The summed E-state index contributed by atoms with van der Waals surface area (Å²) in [6.07, 6.45) is 1.78. The highest BCUT2D eigenvalue weighted by Gasteiger charge is 2.23. The Labute approximate surface area is 140 Å². The number of hydrogen-bond acceptors (Lipinski definition) is 4. The number of nitrogens with zero attached hydrogens (tertiary/aromatic N) is 1. The maximum absolute atomic E-state index is 12.5. The van der Waals surface area contributed by atoms with Gasteiger partial charge in [-0.05, 0) is 25.5 Å². The molecule has 0 unspecified atom stereocenters. The van der Waals surface area contributed by atoms with Crippen molar-refractivity contribution in [2.75, 3.05) is 20.2 Å². The summed E-state index contributed by atoms with van der Waals surface area (Å²) in [5.74, 6) is -0.284. The molecule has 2 rings (SSSR count). The summed E-state index contributed by atoms with van der Waals surface area (Å²) in [7, 11) is 1.68. The lowest BCUT2D eigenvalue weighted by atomic mass is 10.1. The minimum absolute atomic E-state index is 0.192. The zero-order chi connectivity index (χ0) is 17.5. The van der Waals surface area contributed by atoms with Gasteiger partial charge in [-0.3, -0.25) is 9.59 Å². The lowest BCUT2D eigenvalue weighted by Gasteiger charge is -2.17. The second-order valence-electron chi connectivity index (χ2n) is 5.53. The molecule has 0 saturated carbocycles. The summed E-state index contributed by atoms with van der Waals surface area (Å²) in [6, 6.07) is 9.47. The van der Waals surface area contributed by atoms with Crippen molar-refractivity contribution in [3.05, 3.63) is 53.5 Å². The van der Waals surface area contributed by atoms with Crippen LogP contribution in [0.25, 0.3) is 0 Å². The number of benzene rings is 1. The summed E-state index contributed by atoms with van der Waals surface area (Å²) < 4.78 is 10.8. The minimum atomic E-state index is -1.03. The van der Waals surface area contributed by atoms with Crippen LogP contribution in [-0.4, -0.2) is 42.1 Å². The average molecular weight is 331 g/mol. The second-order valence-corrected chi connectivity index (χ2v) is 5.53. The molecule has 0 radical (unpaired) electrons. The van der Waals surface area contributed by atoms with Crippen molar-refractivity contribution in [1.29, 1.82) is 0 Å². The van der Waals surface area contributed by atoms with Gasteiger partial charge in [0.05, 0.1) is 18.4 Å². The predicted octanol–water partition coefficient (Wildman–Crippen LogP) is 2.76. The maximum atomic E-state index is 12.5. The molecule has 1 amide bonds. The number of carboxylic acids is 1. The third-order valence-corrected chi connectivity index (χ3v) is 3.57. The fraction of sp³-hybridized carbons (Fsp3) is 0.333. The van der Waals surface area contributed by atoms with Gasteiger partial charge < -0.3 is 19.2 Å². The summed E-state index contributed by atoms with van der Waals surface area (Å²) in [5.41, 5.74) is 0.979. The van der Waals surface area contributed by atoms with Crippen molar-refractivity contribution in [2.24, 2.45) is 0 Å². The topological polar surface area (TPSA) is 80.0 Å². The van der Waals surface area contributed by atoms with E-state index in [1.165, 1.54) is 6.26 Å². The first-order valence-corrected chi connectivity index (χ1v) is 7.71. The number of hydrogen-bond donors (Lipinski definition) is 1. The first-order chi connectivity index (χ1) is 11.5. The van der Waals surface area contributed by atoms with Crippen molar-refractivity contribution in [3.8, 4) is 5.75 Å². The molecule has 1 heterocycles. The van der Waals surface area contributed by atoms with Crippen molar-refractivity contribution >= 4 is 11.9 Å². The fourth-order valence-electron chi connectivity index (χ4n) is 2.35. The van der Waals surface area contributed by atoms with Crippen molar-refractivity contribution in [1.82, 2.24) is 4.90 Å². The van der Waals surface area contributed by atoms with Gasteiger partial charge in [0.25, 0.3) is 5.91 Å². The molecule has 0 spiro atoms. The van der Waals surface area contributed by atoms with E-state index in [2.05, 4.69) is 0 Å². The van der Waals surface area contributed by atoms with E-state index in [1.807, 2.05) is 30.3 Å². The van der Waals surface area contributed by atoms with Gasteiger partial charge in [-0.25, -0.2) is 0 Å². The van der Waals surface area contributed by atoms with Gasteiger partial charge in [0.15, 0.2) is 0 Å². The van der Waals surface area contributed by atoms with E-state index in [-0.39, 0.29) is 18.1 Å². The van der Waals surface area contributed by atoms with Gasteiger partial charge in [0.2, 0.25) is 0 Å². The van der Waals surface area contributed by atoms with E-state index in [9.17, 15) is 9.59 Å². The molecular formula is C18H21NO5. The quantitative estimate of drug-likeness (QED) is 0.752. The van der Waals surface area contributed by atoms with Crippen LogP contribution in [0.15, 0.2) is 41.0 Å². The van der Waals surface area contributed by atoms with E-state index in [0.29, 0.717) is 30.7 Å². The van der Waals surface area contributed by atoms with E-state index in [1.54, 1.807) is 18.9 Å². The van der Waals surface area contributed by atoms with E-state index >= 15 is 0 Å². The minimum Gasteiger partial charge on any atom is -0.494 e. The molecular weight excluding hydrogens is 310 g/mol. The molecule has 0 fully saturated rings. The third kappa shape index (κ3) is 4.62. The Morgan fingerprint density at radius 1 is 1.25 bits per heavy atom. The molecule has 6 heteroatoms. The Morgan fingerprint density at radius 3 is 2.62 bits per heavy atom. The highest BCUT2D eigenvalue weighted by molar-refractivity contribution is 5.97. The average Bonchev–Trinajstić information content (AvgIpc) is 2.91. The number of carbonyl (C=O) groups is 2. The zero-order valence-electron chi connectivity index (χ0n) is 13.8. The molecule has 0 aliphatic rings. The number of aliphatic carboxylic acids is 1. The van der Waals surface area contributed by atoms with Crippen LogP contribution in [0, 0.1) is 6.92 Å². The van der Waals surface area contributed by atoms with Crippen molar-refractivity contribution in [2.45, 2.75) is 19.8 Å². The highest BCUT2D eigenvalue weighted by Crippen LogP contribution is 2.19. The Bertz CT molecular complexity index is 693. The number of carbonyl (C=O) groups excluding carboxylic acids is 1. The summed E-state index contributed by atoms with van der Waals surface area (Å²) in [4.78, 5) is 24.9. The molecule has 1 aromatic heterocycles. The molecule has 24 heavy (non-hydrogen) atoms. The monoisotopic (exact) mass is 331 g/mol. The molecule has 2 aromatic rings. The first kappa shape index (κ1) is 17.6. The van der Waals surface area contributed by atoms with Crippen LogP contribution in [0.3, 0.4) is 0 Å². The van der Waals surface area contributed by atoms with Crippen LogP contribution in [0.1, 0.15) is 28.1 Å². The predicted molar refractivity (Wildman–Crippen MR) is 88.3 cm³/mol. The number of ether oxygens (including phenoxy) is 1. The molecule has 1 N–H and O–H groups in total. The largest absolute Gasteiger partial charge is 0.494 e. The van der Waals surface area contributed by atoms with Crippen LogP contribution >= 0.6 is 0 Å².